The van der Waals surface area contributed by atoms with E-state index in [1.165, 1.54) is 7.11 Å². The monoisotopic (exact) mass is 188 g/mol. The molecule has 1 rings (SSSR count). The number of nitrogens with zero attached hydrogens (tertiary/aromatic N) is 2. The van der Waals surface area contributed by atoms with Crippen LogP contribution in [0.2, 0.25) is 0 Å². The van der Waals surface area contributed by atoms with Crippen molar-refractivity contribution >= 4 is 11.4 Å². The highest BCUT2D eigenvalue weighted by Crippen LogP contribution is 2.24. The van der Waals surface area contributed by atoms with Gasteiger partial charge in [0.2, 0.25) is 0 Å². The van der Waals surface area contributed by atoms with E-state index in [1.54, 1.807) is 0 Å². The lowest BCUT2D eigenvalue weighted by Crippen LogP contribution is -2.51. The molecule has 0 aliphatic heterocycles. The predicted octanol–water partition coefficient (Wildman–Crippen LogP) is 0.166. The Kier molecular flexibility index (Phi) is 2.84. The minimum absolute atomic E-state index is 0.0639. The van der Waals surface area contributed by atoms with Crippen LogP contribution in [0.5, 0.6) is 0 Å². The SMILES string of the molecule is COC1(O)/C(=N\O)CCC/C1=N\O. The second-order valence-corrected chi connectivity index (χ2v) is 2.80. The number of aliphatic hydroxyl groups is 1. The van der Waals surface area contributed by atoms with Gasteiger partial charge in [0.05, 0.1) is 0 Å². The van der Waals surface area contributed by atoms with Gasteiger partial charge in [0.15, 0.2) is 0 Å². The van der Waals surface area contributed by atoms with E-state index in [0.717, 1.165) is 0 Å². The molecule has 0 aromatic heterocycles. The van der Waals surface area contributed by atoms with Crippen molar-refractivity contribution in [2.24, 2.45) is 10.3 Å². The van der Waals surface area contributed by atoms with E-state index >= 15 is 0 Å². The normalized spacial score (nSPS) is 35.5. The molecule has 0 aromatic carbocycles. The molecule has 1 saturated carbocycles. The molecule has 0 spiro atoms. The van der Waals surface area contributed by atoms with Crippen molar-refractivity contribution in [3.05, 3.63) is 0 Å². The Bertz CT molecular complexity index is 229. The van der Waals surface area contributed by atoms with E-state index < -0.39 is 5.79 Å². The van der Waals surface area contributed by atoms with Crippen LogP contribution in [0.25, 0.3) is 0 Å². The fraction of sp³-hybridized carbons (Fsp3) is 0.714. The van der Waals surface area contributed by atoms with E-state index in [4.69, 9.17) is 15.2 Å². The zero-order chi connectivity index (χ0) is 9.90. The lowest BCUT2D eigenvalue weighted by atomic mass is 9.90. The summed E-state index contributed by atoms with van der Waals surface area (Å²) < 4.78 is 4.76. The maximum absolute atomic E-state index is 9.80. The van der Waals surface area contributed by atoms with Crippen molar-refractivity contribution < 1.29 is 20.3 Å². The number of hydrogen-bond acceptors (Lipinski definition) is 6. The van der Waals surface area contributed by atoms with Crippen molar-refractivity contribution in [3.63, 3.8) is 0 Å². The van der Waals surface area contributed by atoms with Gasteiger partial charge in [-0.15, -0.1) is 0 Å². The summed E-state index contributed by atoms with van der Waals surface area (Å²) in [5.74, 6) is -1.85. The van der Waals surface area contributed by atoms with Crippen LogP contribution in [0.4, 0.5) is 0 Å². The molecule has 0 amide bonds. The van der Waals surface area contributed by atoms with Crippen molar-refractivity contribution in [3.8, 4) is 0 Å². The van der Waals surface area contributed by atoms with E-state index in [9.17, 15) is 5.11 Å². The predicted molar refractivity (Wildman–Crippen MR) is 44.3 cm³/mol. The van der Waals surface area contributed by atoms with Gasteiger partial charge in [-0.05, 0) is 19.3 Å². The molecule has 1 aliphatic carbocycles. The zero-order valence-electron chi connectivity index (χ0n) is 7.27. The highest BCUT2D eigenvalue weighted by molar-refractivity contribution is 6.14. The first kappa shape index (κ1) is 9.94. The van der Waals surface area contributed by atoms with Gasteiger partial charge < -0.3 is 20.3 Å². The first-order valence-electron chi connectivity index (χ1n) is 3.89. The molecule has 1 atom stereocenters. The highest BCUT2D eigenvalue weighted by Gasteiger charge is 2.43. The van der Waals surface area contributed by atoms with Crippen LogP contribution in [-0.2, 0) is 4.74 Å². The Balaban J connectivity index is 3.04. The lowest BCUT2D eigenvalue weighted by molar-refractivity contribution is -0.0803. The summed E-state index contributed by atoms with van der Waals surface area (Å²) in [4.78, 5) is 0. The van der Waals surface area contributed by atoms with Crippen molar-refractivity contribution in [2.75, 3.05) is 7.11 Å². The first-order chi connectivity index (χ1) is 6.19. The molecule has 1 aliphatic rings. The molecule has 0 heterocycles. The summed E-state index contributed by atoms with van der Waals surface area (Å²) in [6.45, 7) is 0. The summed E-state index contributed by atoms with van der Waals surface area (Å²) in [7, 11) is 1.25. The van der Waals surface area contributed by atoms with Crippen LogP contribution in [-0.4, -0.2) is 39.8 Å². The molecule has 0 bridgehead atoms. The fourth-order valence-electron chi connectivity index (χ4n) is 1.40. The summed E-state index contributed by atoms with van der Waals surface area (Å²) in [5, 5.41) is 32.8. The van der Waals surface area contributed by atoms with Gasteiger partial charge in [0.25, 0.3) is 5.79 Å². The van der Waals surface area contributed by atoms with Gasteiger partial charge in [-0.1, -0.05) is 10.3 Å². The number of ether oxygens (including phenoxy) is 1. The molecule has 0 saturated heterocycles. The third kappa shape index (κ3) is 1.50. The topological polar surface area (TPSA) is 94.6 Å². The van der Waals surface area contributed by atoms with Gasteiger partial charge in [-0.2, -0.15) is 0 Å². The van der Waals surface area contributed by atoms with Crippen molar-refractivity contribution in [1.82, 2.24) is 0 Å². The average Bonchev–Trinajstić information content (AvgIpc) is 2.18. The Morgan fingerprint density at radius 3 is 2.00 bits per heavy atom. The lowest BCUT2D eigenvalue weighted by Gasteiger charge is -2.31. The molecule has 3 N–H and O–H groups in total. The van der Waals surface area contributed by atoms with Crippen LogP contribution < -0.4 is 0 Å². The third-order valence-electron chi connectivity index (χ3n) is 2.15. The molecule has 74 valence electrons. The number of rotatable bonds is 1. The summed E-state index contributed by atoms with van der Waals surface area (Å²) in [5.41, 5.74) is 0.128. The van der Waals surface area contributed by atoms with E-state index in [1.807, 2.05) is 0 Å². The van der Waals surface area contributed by atoms with Gasteiger partial charge in [0.1, 0.15) is 11.4 Å². The summed E-state index contributed by atoms with van der Waals surface area (Å²) in [6, 6.07) is 0. The molecule has 6 nitrogen and oxygen atoms in total. The molecule has 1 fully saturated rings. The second kappa shape index (κ2) is 3.71. The maximum atomic E-state index is 9.80. The van der Waals surface area contributed by atoms with Crippen molar-refractivity contribution in [1.29, 1.82) is 0 Å². The molecular weight excluding hydrogens is 176 g/mol. The largest absolute Gasteiger partial charge is 0.411 e. The van der Waals surface area contributed by atoms with Crippen LogP contribution >= 0.6 is 0 Å². The quantitative estimate of drug-likeness (QED) is 0.310. The smallest absolute Gasteiger partial charge is 0.253 e. The van der Waals surface area contributed by atoms with Crippen molar-refractivity contribution in [2.45, 2.75) is 25.0 Å². The van der Waals surface area contributed by atoms with Gasteiger partial charge in [0, 0.05) is 7.11 Å². The second-order valence-electron chi connectivity index (χ2n) is 2.80. The minimum atomic E-state index is -1.85. The molecule has 6 heteroatoms. The number of hydrogen-bond donors (Lipinski definition) is 3. The maximum Gasteiger partial charge on any atom is 0.253 e. The van der Waals surface area contributed by atoms with Gasteiger partial charge in [-0.3, -0.25) is 0 Å². The Labute approximate surface area is 75.1 Å². The van der Waals surface area contributed by atoms with E-state index in [2.05, 4.69) is 10.3 Å². The Morgan fingerprint density at radius 1 is 1.23 bits per heavy atom. The minimum Gasteiger partial charge on any atom is -0.411 e. The molecular formula is C7H12N2O4. The fourth-order valence-corrected chi connectivity index (χ4v) is 1.40. The Morgan fingerprint density at radius 2 is 1.69 bits per heavy atom. The number of oxime groups is 2. The Hall–Kier alpha value is -1.14. The van der Waals surface area contributed by atoms with E-state index in [0.29, 0.717) is 19.3 Å². The summed E-state index contributed by atoms with van der Waals surface area (Å²) in [6.07, 6.45) is 1.49. The zero-order valence-corrected chi connectivity index (χ0v) is 7.27. The summed E-state index contributed by atoms with van der Waals surface area (Å²) >= 11 is 0. The average molecular weight is 188 g/mol. The molecule has 13 heavy (non-hydrogen) atoms. The van der Waals surface area contributed by atoms with Crippen LogP contribution in [0.15, 0.2) is 10.3 Å². The molecule has 0 aromatic rings. The highest BCUT2D eigenvalue weighted by atomic mass is 16.6. The third-order valence-corrected chi connectivity index (χ3v) is 2.15. The van der Waals surface area contributed by atoms with Gasteiger partial charge >= 0.3 is 0 Å². The molecule has 0 radical (unpaired) electrons. The van der Waals surface area contributed by atoms with Gasteiger partial charge in [-0.25, -0.2) is 0 Å². The number of methoxy groups -OCH3 is 1. The van der Waals surface area contributed by atoms with Crippen LogP contribution in [0.1, 0.15) is 19.3 Å². The van der Waals surface area contributed by atoms with E-state index in [-0.39, 0.29) is 11.4 Å². The van der Waals surface area contributed by atoms with Crippen LogP contribution in [0.3, 0.4) is 0 Å². The standard InChI is InChI=1S/C7H12N2O4/c1-13-7(10)5(8-11)3-2-4-6(7)9-12/h10-12H,2-4H2,1H3/b8-5-,9-6+. The first-order valence-corrected chi connectivity index (χ1v) is 3.89. The molecule has 1 unspecified atom stereocenters. The van der Waals surface area contributed by atoms with Crippen LogP contribution in [0, 0.1) is 0 Å².